The van der Waals surface area contributed by atoms with Gasteiger partial charge in [-0.1, -0.05) is 45.4 Å². The lowest BCUT2D eigenvalue weighted by atomic mass is 9.83. The third kappa shape index (κ3) is 10.8. The van der Waals surface area contributed by atoms with Crippen molar-refractivity contribution in [3.8, 4) is 0 Å². The van der Waals surface area contributed by atoms with E-state index < -0.39 is 0 Å². The Morgan fingerprint density at radius 2 is 1.62 bits per heavy atom. The standard InChI is InChI=1S/C19H38O2/c1-7-8-9-10-11-12-13-18(19(4,5)20-6)14-15-21-16-17(2)3/h16,18H,7-15H2,1-6H3. The molecule has 1 unspecified atom stereocenters. The van der Waals surface area contributed by atoms with E-state index in [2.05, 4.69) is 34.6 Å². The summed E-state index contributed by atoms with van der Waals surface area (Å²) in [6.07, 6.45) is 12.3. The molecule has 0 aliphatic heterocycles. The van der Waals surface area contributed by atoms with Crippen LogP contribution in [0.1, 0.15) is 86.0 Å². The Morgan fingerprint density at radius 1 is 1.00 bits per heavy atom. The highest BCUT2D eigenvalue weighted by atomic mass is 16.5. The minimum atomic E-state index is -0.0578. The summed E-state index contributed by atoms with van der Waals surface area (Å²) in [4.78, 5) is 0. The molecule has 0 bridgehead atoms. The van der Waals surface area contributed by atoms with Gasteiger partial charge in [-0.2, -0.15) is 0 Å². The van der Waals surface area contributed by atoms with Gasteiger partial charge in [0, 0.05) is 7.11 Å². The molecule has 0 radical (unpaired) electrons. The molecule has 1 atom stereocenters. The molecule has 126 valence electrons. The Kier molecular flexibility index (Phi) is 11.8. The van der Waals surface area contributed by atoms with E-state index >= 15 is 0 Å². The maximum absolute atomic E-state index is 5.70. The molecule has 0 spiro atoms. The number of hydrogen-bond acceptors (Lipinski definition) is 2. The molecule has 0 aliphatic carbocycles. The van der Waals surface area contributed by atoms with Gasteiger partial charge in [0.05, 0.1) is 18.5 Å². The molecule has 0 saturated carbocycles. The average Bonchev–Trinajstić information content (AvgIpc) is 2.44. The minimum absolute atomic E-state index is 0.0578. The van der Waals surface area contributed by atoms with Crippen LogP contribution in [0, 0.1) is 5.92 Å². The van der Waals surface area contributed by atoms with Gasteiger partial charge >= 0.3 is 0 Å². The van der Waals surface area contributed by atoms with Crippen LogP contribution < -0.4 is 0 Å². The summed E-state index contributed by atoms with van der Waals surface area (Å²) >= 11 is 0. The molecule has 21 heavy (non-hydrogen) atoms. The van der Waals surface area contributed by atoms with Gasteiger partial charge in [0.15, 0.2) is 0 Å². The Hall–Kier alpha value is -0.500. The molecule has 2 heteroatoms. The highest BCUT2D eigenvalue weighted by molar-refractivity contribution is 4.86. The molecule has 0 aromatic rings. The molecular weight excluding hydrogens is 260 g/mol. The van der Waals surface area contributed by atoms with E-state index in [1.54, 1.807) is 0 Å². The second-order valence-corrected chi connectivity index (χ2v) is 6.92. The maximum atomic E-state index is 5.70. The van der Waals surface area contributed by atoms with Gasteiger partial charge in [0.25, 0.3) is 0 Å². The Balaban J connectivity index is 4.07. The summed E-state index contributed by atoms with van der Waals surface area (Å²) in [6, 6.07) is 0. The molecule has 0 saturated heterocycles. The number of allylic oxidation sites excluding steroid dienone is 1. The normalized spacial score (nSPS) is 13.0. The van der Waals surface area contributed by atoms with Gasteiger partial charge in [-0.15, -0.1) is 0 Å². The summed E-state index contributed by atoms with van der Waals surface area (Å²) in [5.41, 5.74) is 1.16. The van der Waals surface area contributed by atoms with Crippen LogP contribution in [0.3, 0.4) is 0 Å². The van der Waals surface area contributed by atoms with Crippen LogP contribution >= 0.6 is 0 Å². The van der Waals surface area contributed by atoms with Crippen molar-refractivity contribution in [1.82, 2.24) is 0 Å². The molecule has 0 N–H and O–H groups in total. The highest BCUT2D eigenvalue weighted by Gasteiger charge is 2.28. The predicted octanol–water partition coefficient (Wildman–Crippen LogP) is 6.11. The zero-order valence-corrected chi connectivity index (χ0v) is 15.3. The van der Waals surface area contributed by atoms with Crippen molar-refractivity contribution in [2.24, 2.45) is 5.92 Å². The Labute approximate surface area is 133 Å². The summed E-state index contributed by atoms with van der Waals surface area (Å²) in [7, 11) is 1.82. The first-order valence-electron chi connectivity index (χ1n) is 8.74. The number of hydrogen-bond donors (Lipinski definition) is 0. The van der Waals surface area contributed by atoms with Crippen molar-refractivity contribution in [3.05, 3.63) is 11.8 Å². The highest BCUT2D eigenvalue weighted by Crippen LogP contribution is 2.29. The second-order valence-electron chi connectivity index (χ2n) is 6.92. The van der Waals surface area contributed by atoms with Gasteiger partial charge in [-0.3, -0.25) is 0 Å². The first-order chi connectivity index (χ1) is 9.94. The van der Waals surface area contributed by atoms with Gasteiger partial charge < -0.3 is 9.47 Å². The fourth-order valence-corrected chi connectivity index (χ4v) is 2.61. The number of unbranched alkanes of at least 4 members (excludes halogenated alkanes) is 5. The molecule has 2 nitrogen and oxygen atoms in total. The van der Waals surface area contributed by atoms with Crippen LogP contribution in [0.2, 0.25) is 0 Å². The molecule has 0 aromatic carbocycles. The minimum Gasteiger partial charge on any atom is -0.501 e. The second kappa shape index (κ2) is 12.1. The van der Waals surface area contributed by atoms with Gasteiger partial charge in [0.2, 0.25) is 0 Å². The van der Waals surface area contributed by atoms with Crippen LogP contribution in [0.15, 0.2) is 11.8 Å². The largest absolute Gasteiger partial charge is 0.501 e. The van der Waals surface area contributed by atoms with Crippen LogP contribution in [-0.2, 0) is 9.47 Å². The Bertz CT molecular complexity index is 265. The van der Waals surface area contributed by atoms with Crippen molar-refractivity contribution in [2.45, 2.75) is 91.6 Å². The van der Waals surface area contributed by atoms with Gasteiger partial charge in [-0.25, -0.2) is 0 Å². The molecular formula is C19H38O2. The fraction of sp³-hybridized carbons (Fsp3) is 0.895. The molecule has 0 heterocycles. The van der Waals surface area contributed by atoms with Crippen molar-refractivity contribution in [1.29, 1.82) is 0 Å². The molecule has 0 aliphatic rings. The lowest BCUT2D eigenvalue weighted by Crippen LogP contribution is -2.34. The SMILES string of the molecule is CCCCCCCCC(CCOC=C(C)C)C(C)(C)OC. The van der Waals surface area contributed by atoms with E-state index in [9.17, 15) is 0 Å². The van der Waals surface area contributed by atoms with Crippen molar-refractivity contribution in [3.63, 3.8) is 0 Å². The fourth-order valence-electron chi connectivity index (χ4n) is 2.61. The zero-order chi connectivity index (χ0) is 16.1. The predicted molar refractivity (Wildman–Crippen MR) is 92.6 cm³/mol. The van der Waals surface area contributed by atoms with Crippen molar-refractivity contribution < 1.29 is 9.47 Å². The van der Waals surface area contributed by atoms with Crippen LogP contribution in [0.25, 0.3) is 0 Å². The summed E-state index contributed by atoms with van der Waals surface area (Å²) in [6.45, 7) is 11.6. The van der Waals surface area contributed by atoms with Crippen LogP contribution in [-0.4, -0.2) is 19.3 Å². The number of rotatable bonds is 13. The zero-order valence-electron chi connectivity index (χ0n) is 15.3. The van der Waals surface area contributed by atoms with E-state index in [-0.39, 0.29) is 5.60 Å². The van der Waals surface area contributed by atoms with E-state index in [0.717, 1.165) is 13.0 Å². The van der Waals surface area contributed by atoms with Gasteiger partial charge in [0.1, 0.15) is 0 Å². The van der Waals surface area contributed by atoms with Crippen molar-refractivity contribution in [2.75, 3.05) is 13.7 Å². The first kappa shape index (κ1) is 20.5. The summed E-state index contributed by atoms with van der Waals surface area (Å²) < 4.78 is 11.3. The molecule has 0 rings (SSSR count). The number of methoxy groups -OCH3 is 1. The number of ether oxygens (including phenoxy) is 2. The van der Waals surface area contributed by atoms with E-state index in [4.69, 9.17) is 9.47 Å². The quantitative estimate of drug-likeness (QED) is 0.302. The van der Waals surface area contributed by atoms with Crippen LogP contribution in [0.5, 0.6) is 0 Å². The lowest BCUT2D eigenvalue weighted by Gasteiger charge is -2.33. The third-order valence-corrected chi connectivity index (χ3v) is 4.32. The van der Waals surface area contributed by atoms with Crippen LogP contribution in [0.4, 0.5) is 0 Å². The third-order valence-electron chi connectivity index (χ3n) is 4.32. The smallest absolute Gasteiger partial charge is 0.0877 e. The molecule has 0 amide bonds. The average molecular weight is 299 g/mol. The lowest BCUT2D eigenvalue weighted by molar-refractivity contribution is -0.0395. The first-order valence-corrected chi connectivity index (χ1v) is 8.74. The topological polar surface area (TPSA) is 18.5 Å². The maximum Gasteiger partial charge on any atom is 0.0877 e. The summed E-state index contributed by atoms with van der Waals surface area (Å²) in [5, 5.41) is 0. The Morgan fingerprint density at radius 3 is 2.19 bits per heavy atom. The van der Waals surface area contributed by atoms with E-state index in [0.29, 0.717) is 5.92 Å². The molecule has 0 fully saturated rings. The van der Waals surface area contributed by atoms with E-state index in [1.807, 2.05) is 13.4 Å². The monoisotopic (exact) mass is 298 g/mol. The van der Waals surface area contributed by atoms with Gasteiger partial charge in [-0.05, 0) is 52.0 Å². The summed E-state index contributed by atoms with van der Waals surface area (Å²) in [5.74, 6) is 0.569. The van der Waals surface area contributed by atoms with E-state index in [1.165, 1.54) is 50.5 Å². The molecule has 0 aromatic heterocycles. The van der Waals surface area contributed by atoms with Crippen molar-refractivity contribution >= 4 is 0 Å².